The SMILES string of the molecule is COc1ccccc1CCNc1ccnc(Nc2ccc(F)cc2)n1. The minimum atomic E-state index is -0.279. The van der Waals surface area contributed by atoms with Crippen molar-refractivity contribution in [3.8, 4) is 5.75 Å². The molecule has 2 N–H and O–H groups in total. The molecular formula is C19H19FN4O. The number of anilines is 3. The molecule has 0 amide bonds. The van der Waals surface area contributed by atoms with Crippen molar-refractivity contribution in [3.05, 3.63) is 72.2 Å². The van der Waals surface area contributed by atoms with Crippen LogP contribution in [0.25, 0.3) is 0 Å². The average molecular weight is 338 g/mol. The third kappa shape index (κ3) is 4.67. The van der Waals surface area contributed by atoms with Gasteiger partial charge < -0.3 is 15.4 Å². The fourth-order valence-corrected chi connectivity index (χ4v) is 2.41. The van der Waals surface area contributed by atoms with E-state index in [1.165, 1.54) is 12.1 Å². The molecule has 128 valence electrons. The Balaban J connectivity index is 1.59. The van der Waals surface area contributed by atoms with Crippen LogP contribution in [0.3, 0.4) is 0 Å². The van der Waals surface area contributed by atoms with Crippen LogP contribution in [-0.4, -0.2) is 23.6 Å². The lowest BCUT2D eigenvalue weighted by molar-refractivity contribution is 0.410. The second kappa shape index (κ2) is 8.10. The number of benzene rings is 2. The normalized spacial score (nSPS) is 10.3. The van der Waals surface area contributed by atoms with E-state index in [1.54, 1.807) is 31.5 Å². The zero-order valence-electron chi connectivity index (χ0n) is 13.9. The van der Waals surface area contributed by atoms with Gasteiger partial charge in [-0.15, -0.1) is 0 Å². The van der Waals surface area contributed by atoms with Crippen molar-refractivity contribution >= 4 is 17.5 Å². The first kappa shape index (κ1) is 16.7. The van der Waals surface area contributed by atoms with E-state index in [2.05, 4.69) is 20.6 Å². The van der Waals surface area contributed by atoms with E-state index in [-0.39, 0.29) is 5.82 Å². The van der Waals surface area contributed by atoms with Crippen molar-refractivity contribution < 1.29 is 9.13 Å². The van der Waals surface area contributed by atoms with E-state index in [9.17, 15) is 4.39 Å². The Morgan fingerprint density at radius 3 is 2.64 bits per heavy atom. The van der Waals surface area contributed by atoms with E-state index in [4.69, 9.17) is 4.74 Å². The summed E-state index contributed by atoms with van der Waals surface area (Å²) in [4.78, 5) is 8.58. The Bertz CT molecular complexity index is 824. The Hall–Kier alpha value is -3.15. The topological polar surface area (TPSA) is 59.1 Å². The highest BCUT2D eigenvalue weighted by Gasteiger charge is 2.03. The second-order valence-corrected chi connectivity index (χ2v) is 5.39. The summed E-state index contributed by atoms with van der Waals surface area (Å²) in [6.07, 6.45) is 2.49. The molecule has 1 heterocycles. The Labute approximate surface area is 145 Å². The molecule has 6 heteroatoms. The van der Waals surface area contributed by atoms with Crippen LogP contribution in [0.5, 0.6) is 5.75 Å². The number of halogens is 1. The summed E-state index contributed by atoms with van der Waals surface area (Å²) < 4.78 is 18.3. The van der Waals surface area contributed by atoms with Gasteiger partial charge in [0.15, 0.2) is 0 Å². The van der Waals surface area contributed by atoms with Gasteiger partial charge in [-0.2, -0.15) is 4.98 Å². The number of rotatable bonds is 7. The highest BCUT2D eigenvalue weighted by atomic mass is 19.1. The van der Waals surface area contributed by atoms with Crippen LogP contribution in [-0.2, 0) is 6.42 Å². The summed E-state index contributed by atoms with van der Waals surface area (Å²) in [6.45, 7) is 0.716. The first-order valence-corrected chi connectivity index (χ1v) is 7.96. The van der Waals surface area contributed by atoms with Gasteiger partial charge in [0.1, 0.15) is 17.4 Å². The van der Waals surface area contributed by atoms with Gasteiger partial charge in [0.05, 0.1) is 7.11 Å². The Morgan fingerprint density at radius 2 is 1.84 bits per heavy atom. The summed E-state index contributed by atoms with van der Waals surface area (Å²) in [5.41, 5.74) is 1.86. The van der Waals surface area contributed by atoms with Gasteiger partial charge in [0.25, 0.3) is 0 Å². The lowest BCUT2D eigenvalue weighted by atomic mass is 10.1. The maximum absolute atomic E-state index is 12.9. The van der Waals surface area contributed by atoms with Crippen LogP contribution >= 0.6 is 0 Å². The van der Waals surface area contributed by atoms with E-state index in [0.717, 1.165) is 29.2 Å². The molecule has 0 aliphatic rings. The van der Waals surface area contributed by atoms with Gasteiger partial charge in [-0.3, -0.25) is 0 Å². The lowest BCUT2D eigenvalue weighted by Crippen LogP contribution is -2.08. The van der Waals surface area contributed by atoms with Crippen LogP contribution in [0.1, 0.15) is 5.56 Å². The van der Waals surface area contributed by atoms with E-state index in [0.29, 0.717) is 12.5 Å². The molecule has 5 nitrogen and oxygen atoms in total. The van der Waals surface area contributed by atoms with Gasteiger partial charge in [-0.05, 0) is 48.4 Å². The fraction of sp³-hybridized carbons (Fsp3) is 0.158. The number of hydrogen-bond acceptors (Lipinski definition) is 5. The van der Waals surface area contributed by atoms with Gasteiger partial charge in [-0.25, -0.2) is 9.37 Å². The number of nitrogens with zero attached hydrogens (tertiary/aromatic N) is 2. The predicted molar refractivity (Wildman–Crippen MR) is 96.9 cm³/mol. The van der Waals surface area contributed by atoms with Gasteiger partial charge >= 0.3 is 0 Å². The molecule has 2 aromatic carbocycles. The molecule has 0 aliphatic heterocycles. The molecule has 0 saturated carbocycles. The Kier molecular flexibility index (Phi) is 5.41. The molecule has 0 spiro atoms. The molecule has 3 rings (SSSR count). The first-order chi connectivity index (χ1) is 12.2. The van der Waals surface area contributed by atoms with E-state index >= 15 is 0 Å². The maximum atomic E-state index is 12.9. The van der Waals surface area contributed by atoms with Crippen LogP contribution in [0.2, 0.25) is 0 Å². The van der Waals surface area contributed by atoms with Crippen molar-refractivity contribution in [2.45, 2.75) is 6.42 Å². The highest BCUT2D eigenvalue weighted by molar-refractivity contribution is 5.54. The molecular weight excluding hydrogens is 319 g/mol. The van der Waals surface area contributed by atoms with E-state index in [1.807, 2.05) is 24.3 Å². The lowest BCUT2D eigenvalue weighted by Gasteiger charge is -2.10. The largest absolute Gasteiger partial charge is 0.496 e. The standard InChI is InChI=1S/C19H19FN4O/c1-25-17-5-3-2-4-14(17)10-12-21-18-11-13-22-19(24-18)23-16-8-6-15(20)7-9-16/h2-9,11,13H,10,12H2,1H3,(H2,21,22,23,24). The van der Waals surface area contributed by atoms with Gasteiger partial charge in [0, 0.05) is 18.4 Å². The number of methoxy groups -OCH3 is 1. The second-order valence-electron chi connectivity index (χ2n) is 5.39. The smallest absolute Gasteiger partial charge is 0.229 e. The molecule has 0 unspecified atom stereocenters. The highest BCUT2D eigenvalue weighted by Crippen LogP contribution is 2.18. The van der Waals surface area contributed by atoms with Crippen molar-refractivity contribution in [3.63, 3.8) is 0 Å². The number of nitrogens with one attached hydrogen (secondary N) is 2. The predicted octanol–water partition coefficient (Wildman–Crippen LogP) is 4.02. The van der Waals surface area contributed by atoms with Crippen LogP contribution in [0.15, 0.2) is 60.8 Å². The summed E-state index contributed by atoms with van der Waals surface area (Å²) in [6, 6.07) is 15.8. The van der Waals surface area contributed by atoms with Crippen molar-refractivity contribution in [2.24, 2.45) is 0 Å². The van der Waals surface area contributed by atoms with Crippen LogP contribution < -0.4 is 15.4 Å². The third-order valence-corrected chi connectivity index (χ3v) is 3.65. The monoisotopic (exact) mass is 338 g/mol. The number of ether oxygens (including phenoxy) is 1. The molecule has 25 heavy (non-hydrogen) atoms. The minimum Gasteiger partial charge on any atom is -0.496 e. The zero-order valence-corrected chi connectivity index (χ0v) is 13.9. The third-order valence-electron chi connectivity index (χ3n) is 3.65. The molecule has 1 aromatic heterocycles. The molecule has 0 atom stereocenters. The maximum Gasteiger partial charge on any atom is 0.229 e. The Morgan fingerprint density at radius 1 is 1.04 bits per heavy atom. The summed E-state index contributed by atoms with van der Waals surface area (Å²) in [5.74, 6) is 1.77. The van der Waals surface area contributed by atoms with Gasteiger partial charge in [-0.1, -0.05) is 18.2 Å². The molecule has 0 radical (unpaired) electrons. The minimum absolute atomic E-state index is 0.279. The number of aromatic nitrogens is 2. The first-order valence-electron chi connectivity index (χ1n) is 7.96. The average Bonchev–Trinajstić information content (AvgIpc) is 2.64. The van der Waals surface area contributed by atoms with Crippen molar-refractivity contribution in [1.82, 2.24) is 9.97 Å². The summed E-state index contributed by atoms with van der Waals surface area (Å²) >= 11 is 0. The number of para-hydroxylation sites is 1. The van der Waals surface area contributed by atoms with Crippen molar-refractivity contribution in [2.75, 3.05) is 24.3 Å². The van der Waals surface area contributed by atoms with Crippen LogP contribution in [0.4, 0.5) is 21.8 Å². The zero-order chi connectivity index (χ0) is 17.5. The molecule has 0 saturated heterocycles. The van der Waals surface area contributed by atoms with Crippen molar-refractivity contribution in [1.29, 1.82) is 0 Å². The number of hydrogen-bond donors (Lipinski definition) is 2. The fourth-order valence-electron chi connectivity index (χ4n) is 2.41. The van der Waals surface area contributed by atoms with Crippen LogP contribution in [0, 0.1) is 5.82 Å². The molecule has 3 aromatic rings. The molecule has 0 bridgehead atoms. The summed E-state index contributed by atoms with van der Waals surface area (Å²) in [7, 11) is 1.67. The molecule has 0 fully saturated rings. The quantitative estimate of drug-likeness (QED) is 0.681. The van der Waals surface area contributed by atoms with E-state index < -0.39 is 0 Å². The van der Waals surface area contributed by atoms with Gasteiger partial charge in [0.2, 0.25) is 5.95 Å². The molecule has 0 aliphatic carbocycles. The summed E-state index contributed by atoms with van der Waals surface area (Å²) in [5, 5.41) is 6.32.